The molecule has 27 heavy (non-hydrogen) atoms. The van der Waals surface area contributed by atoms with Crippen molar-refractivity contribution in [3.8, 4) is 5.75 Å². The molecule has 146 valence electrons. The lowest BCUT2D eigenvalue weighted by Gasteiger charge is -2.33. The van der Waals surface area contributed by atoms with Gasteiger partial charge in [0, 0.05) is 24.3 Å². The number of hydrogen-bond donors (Lipinski definition) is 1. The van der Waals surface area contributed by atoms with E-state index in [1.165, 1.54) is 6.07 Å². The number of benzene rings is 2. The number of hydrogen-bond acceptors (Lipinski definition) is 4. The molecule has 0 saturated carbocycles. The number of rotatable bonds is 5. The fourth-order valence-corrected chi connectivity index (χ4v) is 3.13. The largest absolute Gasteiger partial charge is 0.489 e. The van der Waals surface area contributed by atoms with Gasteiger partial charge in [-0.3, -0.25) is 0 Å². The zero-order valence-electron chi connectivity index (χ0n) is 15.0. The Morgan fingerprint density at radius 2 is 1.93 bits per heavy atom. The van der Waals surface area contributed by atoms with Gasteiger partial charge in [-0.15, -0.1) is 0 Å². The zero-order chi connectivity index (χ0) is 19.4. The summed E-state index contributed by atoms with van der Waals surface area (Å²) in [5, 5.41) is 9.23. The quantitative estimate of drug-likeness (QED) is 0.856. The van der Waals surface area contributed by atoms with Crippen molar-refractivity contribution in [2.75, 3.05) is 31.2 Å². The van der Waals surface area contributed by atoms with Crippen molar-refractivity contribution in [2.24, 2.45) is 0 Å². The average Bonchev–Trinajstić information content (AvgIpc) is 2.66. The number of nitrogens with zero attached hydrogens (tertiary/aromatic N) is 1. The van der Waals surface area contributed by atoms with Gasteiger partial charge in [0.25, 0.3) is 0 Å². The fourth-order valence-electron chi connectivity index (χ4n) is 3.13. The molecular weight excluding hydrogens is 359 g/mol. The Bertz CT molecular complexity index is 762. The van der Waals surface area contributed by atoms with E-state index >= 15 is 0 Å². The Balaban J connectivity index is 1.68. The molecular formula is C20H22F3NO3. The number of morpholine rings is 1. The van der Waals surface area contributed by atoms with Crippen LogP contribution in [0, 0.1) is 6.92 Å². The normalized spacial score (nSPS) is 17.8. The van der Waals surface area contributed by atoms with Crippen LogP contribution in [-0.2, 0) is 17.5 Å². The van der Waals surface area contributed by atoms with Crippen LogP contribution in [-0.4, -0.2) is 37.5 Å². The molecule has 1 aliphatic heterocycles. The summed E-state index contributed by atoms with van der Waals surface area (Å²) in [7, 11) is 0. The minimum Gasteiger partial charge on any atom is -0.489 e. The molecule has 1 fully saturated rings. The average molecular weight is 381 g/mol. The van der Waals surface area contributed by atoms with Gasteiger partial charge in [0.1, 0.15) is 12.4 Å². The number of anilines is 1. The molecule has 0 radical (unpaired) electrons. The maximum absolute atomic E-state index is 13.2. The number of aliphatic hydroxyl groups excluding tert-OH is 1. The van der Waals surface area contributed by atoms with Crippen molar-refractivity contribution in [1.82, 2.24) is 0 Å². The van der Waals surface area contributed by atoms with Crippen LogP contribution >= 0.6 is 0 Å². The Kier molecular flexibility index (Phi) is 5.92. The van der Waals surface area contributed by atoms with Crippen molar-refractivity contribution in [3.63, 3.8) is 0 Å². The number of aryl methyl sites for hydroxylation is 1. The first kappa shape index (κ1) is 19.5. The molecule has 1 unspecified atom stereocenters. The van der Waals surface area contributed by atoms with Crippen molar-refractivity contribution < 1.29 is 27.8 Å². The molecule has 0 aromatic heterocycles. The van der Waals surface area contributed by atoms with E-state index < -0.39 is 11.7 Å². The molecule has 4 nitrogen and oxygen atoms in total. The lowest BCUT2D eigenvalue weighted by Crippen LogP contribution is -2.44. The van der Waals surface area contributed by atoms with Gasteiger partial charge in [-0.05, 0) is 42.8 Å². The van der Waals surface area contributed by atoms with Gasteiger partial charge < -0.3 is 19.5 Å². The second-order valence-electron chi connectivity index (χ2n) is 6.50. The van der Waals surface area contributed by atoms with E-state index in [9.17, 15) is 18.3 Å². The number of ether oxygens (including phenoxy) is 2. The molecule has 0 aliphatic carbocycles. The SMILES string of the molecule is Cc1cccc(C(F)(F)F)c1COc1ccc(N2CCOC(CO)C2)cc1. The van der Waals surface area contributed by atoms with Crippen molar-refractivity contribution in [2.45, 2.75) is 25.8 Å². The van der Waals surface area contributed by atoms with E-state index in [0.717, 1.165) is 18.3 Å². The Hall–Kier alpha value is -2.25. The molecule has 1 heterocycles. The van der Waals surface area contributed by atoms with Gasteiger partial charge in [0.15, 0.2) is 0 Å². The standard InChI is InChI=1S/C20H22F3NO3/c1-14-3-2-4-19(20(21,22)23)18(14)13-27-16-7-5-15(6-8-16)24-9-10-26-17(11-24)12-25/h2-8,17,25H,9-13H2,1H3. The molecule has 1 N–H and O–H groups in total. The predicted molar refractivity (Wildman–Crippen MR) is 96.0 cm³/mol. The van der Waals surface area contributed by atoms with Crippen molar-refractivity contribution in [3.05, 3.63) is 59.2 Å². The van der Waals surface area contributed by atoms with Gasteiger partial charge in [-0.1, -0.05) is 12.1 Å². The lowest BCUT2D eigenvalue weighted by atomic mass is 10.0. The summed E-state index contributed by atoms with van der Waals surface area (Å²) in [4.78, 5) is 2.09. The van der Waals surface area contributed by atoms with Gasteiger partial charge in [0.05, 0.1) is 24.9 Å². The molecule has 0 amide bonds. The van der Waals surface area contributed by atoms with Crippen LogP contribution in [0.4, 0.5) is 18.9 Å². The Labute approximate surface area is 156 Å². The summed E-state index contributed by atoms with van der Waals surface area (Å²) in [6.07, 6.45) is -4.62. The summed E-state index contributed by atoms with van der Waals surface area (Å²) in [6.45, 7) is 3.31. The first-order chi connectivity index (χ1) is 12.9. The maximum atomic E-state index is 13.2. The van der Waals surface area contributed by atoms with E-state index in [4.69, 9.17) is 9.47 Å². The first-order valence-corrected chi connectivity index (χ1v) is 8.74. The van der Waals surface area contributed by atoms with Gasteiger partial charge in [-0.25, -0.2) is 0 Å². The Morgan fingerprint density at radius 1 is 1.19 bits per heavy atom. The highest BCUT2D eigenvalue weighted by atomic mass is 19.4. The highest BCUT2D eigenvalue weighted by Crippen LogP contribution is 2.34. The summed E-state index contributed by atoms with van der Waals surface area (Å²) in [5.74, 6) is 0.502. The van der Waals surface area contributed by atoms with E-state index in [1.54, 1.807) is 25.1 Å². The summed E-state index contributed by atoms with van der Waals surface area (Å²) < 4.78 is 50.6. The molecule has 1 aliphatic rings. The third-order valence-corrected chi connectivity index (χ3v) is 4.64. The van der Waals surface area contributed by atoms with Crippen LogP contribution in [0.15, 0.2) is 42.5 Å². The van der Waals surface area contributed by atoms with Crippen LogP contribution < -0.4 is 9.64 Å². The maximum Gasteiger partial charge on any atom is 0.416 e. The van der Waals surface area contributed by atoms with Gasteiger partial charge in [-0.2, -0.15) is 13.2 Å². The van der Waals surface area contributed by atoms with Crippen molar-refractivity contribution in [1.29, 1.82) is 0 Å². The van der Waals surface area contributed by atoms with E-state index in [1.807, 2.05) is 12.1 Å². The molecule has 3 rings (SSSR count). The minimum atomic E-state index is -4.41. The molecule has 1 saturated heterocycles. The number of alkyl halides is 3. The minimum absolute atomic E-state index is 0.0321. The third-order valence-electron chi connectivity index (χ3n) is 4.64. The Morgan fingerprint density at radius 3 is 2.59 bits per heavy atom. The number of aliphatic hydroxyl groups is 1. The molecule has 7 heteroatoms. The summed E-state index contributed by atoms with van der Waals surface area (Å²) in [5.41, 5.74) is 0.983. The van der Waals surface area contributed by atoms with Crippen LogP contribution in [0.5, 0.6) is 5.75 Å². The highest BCUT2D eigenvalue weighted by Gasteiger charge is 2.33. The van der Waals surface area contributed by atoms with Gasteiger partial charge in [0.2, 0.25) is 0 Å². The fraction of sp³-hybridized carbons (Fsp3) is 0.400. The molecule has 2 aromatic rings. The molecule has 1 atom stereocenters. The van der Waals surface area contributed by atoms with Crippen LogP contribution in [0.1, 0.15) is 16.7 Å². The highest BCUT2D eigenvalue weighted by molar-refractivity contribution is 5.49. The van der Waals surface area contributed by atoms with Gasteiger partial charge >= 0.3 is 6.18 Å². The second kappa shape index (κ2) is 8.19. The molecule has 2 aromatic carbocycles. The zero-order valence-corrected chi connectivity index (χ0v) is 15.0. The van der Waals surface area contributed by atoms with Crippen molar-refractivity contribution >= 4 is 5.69 Å². The van der Waals surface area contributed by atoms with Crippen LogP contribution in [0.3, 0.4) is 0 Å². The lowest BCUT2D eigenvalue weighted by molar-refractivity contribution is -0.138. The summed E-state index contributed by atoms with van der Waals surface area (Å²) in [6, 6.07) is 11.3. The monoisotopic (exact) mass is 381 g/mol. The molecule has 0 bridgehead atoms. The molecule has 0 spiro atoms. The van der Waals surface area contributed by atoms with E-state index in [0.29, 0.717) is 24.5 Å². The number of halogens is 3. The van der Waals surface area contributed by atoms with E-state index in [-0.39, 0.29) is 24.9 Å². The topological polar surface area (TPSA) is 41.9 Å². The smallest absolute Gasteiger partial charge is 0.416 e. The summed E-state index contributed by atoms with van der Waals surface area (Å²) >= 11 is 0. The first-order valence-electron chi connectivity index (χ1n) is 8.74. The third kappa shape index (κ3) is 4.73. The van der Waals surface area contributed by atoms with E-state index in [2.05, 4.69) is 4.90 Å². The van der Waals surface area contributed by atoms with Crippen LogP contribution in [0.2, 0.25) is 0 Å². The van der Waals surface area contributed by atoms with Crippen LogP contribution in [0.25, 0.3) is 0 Å². The second-order valence-corrected chi connectivity index (χ2v) is 6.50. The predicted octanol–water partition coefficient (Wildman–Crippen LogP) is 3.79.